The number of aliphatic hydroxyl groups is 1. The molecule has 0 saturated heterocycles. The summed E-state index contributed by atoms with van der Waals surface area (Å²) in [7, 11) is 0. The second kappa shape index (κ2) is 5.76. The van der Waals surface area contributed by atoms with Crippen LogP contribution in [0.3, 0.4) is 0 Å². The van der Waals surface area contributed by atoms with Crippen molar-refractivity contribution in [3.63, 3.8) is 0 Å². The standard InChI is InChI=1S/C12H17O/c1-2-6-12(10-13)9-11-7-4-3-5-8-11/h3-5,7-8,12-13H,1-2,6,9-10H2. The Bertz CT molecular complexity index is 218. The SMILES string of the molecule is [CH2]CCC(CO)Cc1ccccc1. The molecule has 1 aromatic carbocycles. The molecule has 1 heteroatoms. The van der Waals surface area contributed by atoms with Crippen molar-refractivity contribution in [2.45, 2.75) is 19.3 Å². The zero-order chi connectivity index (χ0) is 9.52. The van der Waals surface area contributed by atoms with Crippen molar-refractivity contribution in [3.05, 3.63) is 42.8 Å². The van der Waals surface area contributed by atoms with Gasteiger partial charge in [-0.15, -0.1) is 0 Å². The topological polar surface area (TPSA) is 20.2 Å². The predicted octanol–water partition coefficient (Wildman–Crippen LogP) is 2.45. The average molecular weight is 177 g/mol. The summed E-state index contributed by atoms with van der Waals surface area (Å²) in [4.78, 5) is 0. The Morgan fingerprint density at radius 3 is 2.46 bits per heavy atom. The summed E-state index contributed by atoms with van der Waals surface area (Å²) < 4.78 is 0. The van der Waals surface area contributed by atoms with Gasteiger partial charge in [0.25, 0.3) is 0 Å². The van der Waals surface area contributed by atoms with Crippen molar-refractivity contribution in [2.24, 2.45) is 5.92 Å². The van der Waals surface area contributed by atoms with Gasteiger partial charge in [-0.1, -0.05) is 43.7 Å². The summed E-state index contributed by atoms with van der Waals surface area (Å²) in [6.07, 6.45) is 2.87. The van der Waals surface area contributed by atoms with Crippen LogP contribution < -0.4 is 0 Å². The lowest BCUT2D eigenvalue weighted by Crippen LogP contribution is -2.09. The van der Waals surface area contributed by atoms with E-state index in [0.717, 1.165) is 19.3 Å². The molecule has 1 radical (unpaired) electrons. The maximum absolute atomic E-state index is 9.09. The number of hydrogen-bond donors (Lipinski definition) is 1. The van der Waals surface area contributed by atoms with Crippen molar-refractivity contribution < 1.29 is 5.11 Å². The van der Waals surface area contributed by atoms with Crippen molar-refractivity contribution in [1.29, 1.82) is 0 Å². The molecule has 0 aliphatic carbocycles. The molecule has 1 unspecified atom stereocenters. The molecule has 0 fully saturated rings. The molecular weight excluding hydrogens is 160 g/mol. The second-order valence-corrected chi connectivity index (χ2v) is 3.38. The number of aliphatic hydroxyl groups excluding tert-OH is 1. The van der Waals surface area contributed by atoms with Gasteiger partial charge < -0.3 is 5.11 Å². The Hall–Kier alpha value is -0.820. The van der Waals surface area contributed by atoms with E-state index in [9.17, 15) is 0 Å². The fourth-order valence-electron chi connectivity index (χ4n) is 1.49. The van der Waals surface area contributed by atoms with Crippen LogP contribution in [0.2, 0.25) is 0 Å². The molecule has 1 aromatic rings. The molecule has 0 aromatic heterocycles. The molecule has 71 valence electrons. The average Bonchev–Trinajstić information content (AvgIpc) is 2.19. The molecule has 1 N–H and O–H groups in total. The lowest BCUT2D eigenvalue weighted by molar-refractivity contribution is 0.218. The van der Waals surface area contributed by atoms with Gasteiger partial charge in [-0.05, 0) is 24.3 Å². The van der Waals surface area contributed by atoms with Gasteiger partial charge >= 0.3 is 0 Å². The van der Waals surface area contributed by atoms with Gasteiger partial charge in [0.2, 0.25) is 0 Å². The number of rotatable bonds is 5. The maximum atomic E-state index is 9.09. The summed E-state index contributed by atoms with van der Waals surface area (Å²) >= 11 is 0. The van der Waals surface area contributed by atoms with E-state index in [1.54, 1.807) is 0 Å². The molecule has 0 bridgehead atoms. The van der Waals surface area contributed by atoms with Gasteiger partial charge in [0.05, 0.1) is 0 Å². The fourth-order valence-corrected chi connectivity index (χ4v) is 1.49. The highest BCUT2D eigenvalue weighted by atomic mass is 16.3. The highest BCUT2D eigenvalue weighted by Crippen LogP contribution is 2.12. The minimum Gasteiger partial charge on any atom is -0.396 e. The van der Waals surface area contributed by atoms with Crippen LogP contribution in [-0.4, -0.2) is 11.7 Å². The Morgan fingerprint density at radius 2 is 1.92 bits per heavy atom. The molecule has 0 amide bonds. The first-order chi connectivity index (χ1) is 6.36. The third-order valence-electron chi connectivity index (χ3n) is 2.24. The molecular formula is C12H17O. The zero-order valence-electron chi connectivity index (χ0n) is 7.95. The van der Waals surface area contributed by atoms with Crippen molar-refractivity contribution in [1.82, 2.24) is 0 Å². The van der Waals surface area contributed by atoms with Crippen LogP contribution in [0.15, 0.2) is 30.3 Å². The van der Waals surface area contributed by atoms with E-state index in [2.05, 4.69) is 19.1 Å². The van der Waals surface area contributed by atoms with Gasteiger partial charge in [0, 0.05) is 6.61 Å². The summed E-state index contributed by atoms with van der Waals surface area (Å²) in [6.45, 7) is 4.07. The van der Waals surface area contributed by atoms with Gasteiger partial charge in [-0.3, -0.25) is 0 Å². The normalized spacial score (nSPS) is 12.8. The van der Waals surface area contributed by atoms with E-state index in [4.69, 9.17) is 5.11 Å². The largest absolute Gasteiger partial charge is 0.396 e. The van der Waals surface area contributed by atoms with Gasteiger partial charge in [0.15, 0.2) is 0 Å². The monoisotopic (exact) mass is 177 g/mol. The molecule has 0 saturated carbocycles. The van der Waals surface area contributed by atoms with E-state index in [0.29, 0.717) is 5.92 Å². The first-order valence-corrected chi connectivity index (χ1v) is 4.81. The highest BCUT2D eigenvalue weighted by Gasteiger charge is 2.06. The van der Waals surface area contributed by atoms with E-state index in [-0.39, 0.29) is 6.61 Å². The van der Waals surface area contributed by atoms with Gasteiger partial charge in [0.1, 0.15) is 0 Å². The smallest absolute Gasteiger partial charge is 0.0462 e. The predicted molar refractivity (Wildman–Crippen MR) is 55.3 cm³/mol. The molecule has 0 heterocycles. The Morgan fingerprint density at radius 1 is 1.23 bits per heavy atom. The summed E-state index contributed by atoms with van der Waals surface area (Å²) in [6, 6.07) is 10.3. The van der Waals surface area contributed by atoms with E-state index in [1.807, 2.05) is 18.2 Å². The first-order valence-electron chi connectivity index (χ1n) is 4.81. The molecule has 1 nitrogen and oxygen atoms in total. The Kier molecular flexibility index (Phi) is 4.55. The van der Waals surface area contributed by atoms with E-state index >= 15 is 0 Å². The molecule has 0 spiro atoms. The molecule has 1 atom stereocenters. The van der Waals surface area contributed by atoms with Crippen molar-refractivity contribution in [2.75, 3.05) is 6.61 Å². The Labute approximate surface area is 80.4 Å². The van der Waals surface area contributed by atoms with Crippen LogP contribution in [0.25, 0.3) is 0 Å². The maximum Gasteiger partial charge on any atom is 0.0462 e. The summed E-state index contributed by atoms with van der Waals surface area (Å²) in [5.41, 5.74) is 1.30. The van der Waals surface area contributed by atoms with Crippen LogP contribution in [0.1, 0.15) is 18.4 Å². The lowest BCUT2D eigenvalue weighted by atomic mass is 9.96. The Balaban J connectivity index is 2.46. The van der Waals surface area contributed by atoms with Crippen LogP contribution in [-0.2, 0) is 6.42 Å². The number of benzene rings is 1. The number of hydrogen-bond acceptors (Lipinski definition) is 1. The molecule has 0 aliphatic rings. The first kappa shape index (κ1) is 10.3. The summed E-state index contributed by atoms with van der Waals surface area (Å²) in [5, 5.41) is 9.09. The fraction of sp³-hybridized carbons (Fsp3) is 0.417. The third kappa shape index (κ3) is 3.60. The van der Waals surface area contributed by atoms with Gasteiger partial charge in [-0.25, -0.2) is 0 Å². The minimum absolute atomic E-state index is 0.268. The quantitative estimate of drug-likeness (QED) is 0.732. The second-order valence-electron chi connectivity index (χ2n) is 3.38. The van der Waals surface area contributed by atoms with Gasteiger partial charge in [-0.2, -0.15) is 0 Å². The van der Waals surface area contributed by atoms with Crippen LogP contribution in [0, 0.1) is 12.8 Å². The van der Waals surface area contributed by atoms with Crippen LogP contribution in [0.4, 0.5) is 0 Å². The molecule has 1 rings (SSSR count). The van der Waals surface area contributed by atoms with Crippen molar-refractivity contribution in [3.8, 4) is 0 Å². The third-order valence-corrected chi connectivity index (χ3v) is 2.24. The molecule has 13 heavy (non-hydrogen) atoms. The lowest BCUT2D eigenvalue weighted by Gasteiger charge is -2.12. The van der Waals surface area contributed by atoms with Crippen molar-refractivity contribution >= 4 is 0 Å². The van der Waals surface area contributed by atoms with E-state index < -0.39 is 0 Å². The van der Waals surface area contributed by atoms with Crippen LogP contribution in [0.5, 0.6) is 0 Å². The van der Waals surface area contributed by atoms with Crippen LogP contribution >= 0.6 is 0 Å². The highest BCUT2D eigenvalue weighted by molar-refractivity contribution is 5.15. The molecule has 0 aliphatic heterocycles. The zero-order valence-corrected chi connectivity index (χ0v) is 7.95. The summed E-state index contributed by atoms with van der Waals surface area (Å²) in [5.74, 6) is 0.375. The van der Waals surface area contributed by atoms with E-state index in [1.165, 1.54) is 5.56 Å². The minimum atomic E-state index is 0.268.